The Morgan fingerprint density at radius 3 is 2.12 bits per heavy atom. The van der Waals surface area contributed by atoms with Crippen LogP contribution in [0.15, 0.2) is 0 Å². The SMILES string of the molecule is O=C(O)C(O)C(O)C(O)C(O)COCCO. The van der Waals surface area contributed by atoms with E-state index in [1.165, 1.54) is 0 Å². The van der Waals surface area contributed by atoms with Gasteiger partial charge in [-0.05, 0) is 0 Å². The Hall–Kier alpha value is -0.770. The third-order valence-electron chi connectivity index (χ3n) is 1.84. The van der Waals surface area contributed by atoms with Crippen LogP contribution in [0.4, 0.5) is 0 Å². The molecule has 0 heterocycles. The second-order valence-corrected chi connectivity index (χ2v) is 3.13. The number of hydrogen-bond donors (Lipinski definition) is 6. The molecule has 0 radical (unpaired) electrons. The summed E-state index contributed by atoms with van der Waals surface area (Å²) in [5.74, 6) is -1.71. The fourth-order valence-corrected chi connectivity index (χ4v) is 0.928. The van der Waals surface area contributed by atoms with Crippen LogP contribution in [0, 0.1) is 0 Å². The lowest BCUT2D eigenvalue weighted by Gasteiger charge is -2.24. The minimum Gasteiger partial charge on any atom is -0.479 e. The fraction of sp³-hybridized carbons (Fsp3) is 0.875. The molecule has 0 rings (SSSR count). The van der Waals surface area contributed by atoms with Crippen molar-refractivity contribution < 1.29 is 40.2 Å². The van der Waals surface area contributed by atoms with E-state index in [1.54, 1.807) is 0 Å². The number of carboxylic acid groups (broad SMARTS) is 1. The van der Waals surface area contributed by atoms with Crippen molar-refractivity contribution in [3.63, 3.8) is 0 Å². The van der Waals surface area contributed by atoms with E-state index >= 15 is 0 Å². The number of aliphatic hydroxyl groups is 5. The van der Waals surface area contributed by atoms with Gasteiger partial charge in [0.2, 0.25) is 0 Å². The average Bonchev–Trinajstić information content (AvgIpc) is 2.26. The summed E-state index contributed by atoms with van der Waals surface area (Å²) in [5.41, 5.74) is 0. The molecule has 4 atom stereocenters. The maximum atomic E-state index is 10.3. The van der Waals surface area contributed by atoms with Crippen LogP contribution >= 0.6 is 0 Å². The molecule has 16 heavy (non-hydrogen) atoms. The van der Waals surface area contributed by atoms with Gasteiger partial charge in [0, 0.05) is 0 Å². The van der Waals surface area contributed by atoms with E-state index < -0.39 is 37.0 Å². The van der Waals surface area contributed by atoms with Gasteiger partial charge in [0.15, 0.2) is 6.10 Å². The lowest BCUT2D eigenvalue weighted by Crippen LogP contribution is -2.48. The highest BCUT2D eigenvalue weighted by atomic mass is 16.5. The number of aliphatic hydroxyl groups excluding tert-OH is 5. The Morgan fingerprint density at radius 2 is 1.69 bits per heavy atom. The molecular weight excluding hydrogens is 224 g/mol. The maximum Gasteiger partial charge on any atom is 0.335 e. The Bertz CT molecular complexity index is 208. The second kappa shape index (κ2) is 7.49. The zero-order valence-corrected chi connectivity index (χ0v) is 8.43. The summed E-state index contributed by atoms with van der Waals surface area (Å²) in [6, 6.07) is 0. The summed E-state index contributed by atoms with van der Waals surface area (Å²) in [5, 5.41) is 53.2. The number of carboxylic acids is 1. The minimum absolute atomic E-state index is 0.0681. The maximum absolute atomic E-state index is 10.3. The Morgan fingerprint density at radius 1 is 1.12 bits per heavy atom. The second-order valence-electron chi connectivity index (χ2n) is 3.13. The van der Waals surface area contributed by atoms with Crippen LogP contribution in [0.2, 0.25) is 0 Å². The van der Waals surface area contributed by atoms with Crippen molar-refractivity contribution in [1.82, 2.24) is 0 Å². The van der Waals surface area contributed by atoms with E-state index in [2.05, 4.69) is 4.74 Å². The number of aliphatic carboxylic acids is 1. The summed E-state index contributed by atoms with van der Waals surface area (Å²) in [4.78, 5) is 10.3. The van der Waals surface area contributed by atoms with Gasteiger partial charge >= 0.3 is 5.97 Å². The van der Waals surface area contributed by atoms with Gasteiger partial charge in [-0.3, -0.25) is 0 Å². The highest BCUT2D eigenvalue weighted by molar-refractivity contribution is 5.72. The first-order valence-electron chi connectivity index (χ1n) is 4.55. The van der Waals surface area contributed by atoms with Gasteiger partial charge in [0.05, 0.1) is 19.8 Å². The van der Waals surface area contributed by atoms with Gasteiger partial charge in [-0.25, -0.2) is 4.79 Å². The molecule has 0 aromatic rings. The van der Waals surface area contributed by atoms with Gasteiger partial charge in [-0.2, -0.15) is 0 Å². The van der Waals surface area contributed by atoms with Crippen molar-refractivity contribution in [3.05, 3.63) is 0 Å². The highest BCUT2D eigenvalue weighted by Gasteiger charge is 2.34. The molecule has 8 nitrogen and oxygen atoms in total. The molecule has 0 aromatic heterocycles. The third-order valence-corrected chi connectivity index (χ3v) is 1.84. The summed E-state index contributed by atoms with van der Waals surface area (Å²) >= 11 is 0. The summed E-state index contributed by atoms with van der Waals surface area (Å²) in [6.07, 6.45) is -7.63. The smallest absolute Gasteiger partial charge is 0.335 e. The average molecular weight is 240 g/mol. The van der Waals surface area contributed by atoms with Gasteiger partial charge in [-0.15, -0.1) is 0 Å². The van der Waals surface area contributed by atoms with E-state index in [0.29, 0.717) is 0 Å². The van der Waals surface area contributed by atoms with Crippen LogP contribution in [0.3, 0.4) is 0 Å². The van der Waals surface area contributed by atoms with Crippen LogP contribution in [-0.2, 0) is 9.53 Å². The standard InChI is InChI=1S/C8H16O8/c9-1-2-16-3-4(10)5(11)6(12)7(13)8(14)15/h4-7,9-13H,1-3H2,(H,14,15). The van der Waals surface area contributed by atoms with Gasteiger partial charge < -0.3 is 35.4 Å². The first-order valence-corrected chi connectivity index (χ1v) is 4.55. The molecule has 96 valence electrons. The molecule has 0 fully saturated rings. The van der Waals surface area contributed by atoms with Gasteiger partial charge in [-0.1, -0.05) is 0 Å². The normalized spacial score (nSPS) is 18.8. The van der Waals surface area contributed by atoms with Crippen molar-refractivity contribution in [2.45, 2.75) is 24.4 Å². The Labute approximate surface area is 91.3 Å². The number of carbonyl (C=O) groups is 1. The third kappa shape index (κ3) is 4.84. The molecular formula is C8H16O8. The summed E-state index contributed by atoms with van der Waals surface area (Å²) in [7, 11) is 0. The molecule has 0 saturated carbocycles. The van der Waals surface area contributed by atoms with Gasteiger partial charge in [0.25, 0.3) is 0 Å². The molecule has 0 bridgehead atoms. The van der Waals surface area contributed by atoms with Crippen LogP contribution in [0.25, 0.3) is 0 Å². The molecule has 0 aliphatic heterocycles. The van der Waals surface area contributed by atoms with Gasteiger partial charge in [0.1, 0.15) is 18.3 Å². The van der Waals surface area contributed by atoms with E-state index in [9.17, 15) is 15.0 Å². The molecule has 0 aliphatic rings. The van der Waals surface area contributed by atoms with Crippen LogP contribution in [-0.4, -0.2) is 80.8 Å². The monoisotopic (exact) mass is 240 g/mol. The summed E-state index contributed by atoms with van der Waals surface area (Å²) < 4.78 is 4.66. The molecule has 4 unspecified atom stereocenters. The van der Waals surface area contributed by atoms with Crippen LogP contribution in [0.1, 0.15) is 0 Å². The minimum atomic E-state index is -2.19. The number of ether oxygens (including phenoxy) is 1. The first kappa shape index (κ1) is 15.2. The first-order chi connectivity index (χ1) is 7.41. The largest absolute Gasteiger partial charge is 0.479 e. The van der Waals surface area contributed by atoms with Crippen molar-refractivity contribution in [2.75, 3.05) is 19.8 Å². The number of rotatable bonds is 8. The van der Waals surface area contributed by atoms with E-state index in [0.717, 1.165) is 0 Å². The lowest BCUT2D eigenvalue weighted by atomic mass is 10.0. The predicted molar refractivity (Wildman–Crippen MR) is 49.6 cm³/mol. The molecule has 0 spiro atoms. The quantitative estimate of drug-likeness (QED) is 0.240. The zero-order chi connectivity index (χ0) is 12.7. The van der Waals surface area contributed by atoms with E-state index in [4.69, 9.17) is 20.4 Å². The lowest BCUT2D eigenvalue weighted by molar-refractivity contribution is -0.165. The highest BCUT2D eigenvalue weighted by Crippen LogP contribution is 2.06. The molecule has 0 saturated heterocycles. The molecule has 0 aliphatic carbocycles. The molecule has 0 amide bonds. The Kier molecular flexibility index (Phi) is 7.13. The van der Waals surface area contributed by atoms with Crippen molar-refractivity contribution in [2.24, 2.45) is 0 Å². The van der Waals surface area contributed by atoms with E-state index in [-0.39, 0.29) is 13.2 Å². The molecule has 6 N–H and O–H groups in total. The fourth-order valence-electron chi connectivity index (χ4n) is 0.928. The Balaban J connectivity index is 4.10. The summed E-state index contributed by atoms with van der Waals surface area (Å²) in [6.45, 7) is -0.740. The topological polar surface area (TPSA) is 148 Å². The van der Waals surface area contributed by atoms with Crippen molar-refractivity contribution in [1.29, 1.82) is 0 Å². The number of hydrogen-bond acceptors (Lipinski definition) is 7. The van der Waals surface area contributed by atoms with E-state index in [1.807, 2.05) is 0 Å². The van der Waals surface area contributed by atoms with Crippen molar-refractivity contribution in [3.8, 4) is 0 Å². The van der Waals surface area contributed by atoms with Crippen molar-refractivity contribution >= 4 is 5.97 Å². The van der Waals surface area contributed by atoms with Crippen LogP contribution in [0.5, 0.6) is 0 Å². The molecule has 0 aromatic carbocycles. The predicted octanol–water partition coefficient (Wildman–Crippen LogP) is -3.48. The van der Waals surface area contributed by atoms with Crippen LogP contribution < -0.4 is 0 Å². The zero-order valence-electron chi connectivity index (χ0n) is 8.43. The molecule has 8 heteroatoms.